The second-order valence-electron chi connectivity index (χ2n) is 3.99. The van der Waals surface area contributed by atoms with Crippen molar-refractivity contribution >= 4 is 10.0 Å². The molecule has 0 spiro atoms. The first-order valence-corrected chi connectivity index (χ1v) is 7.25. The molecule has 0 heterocycles. The summed E-state index contributed by atoms with van der Waals surface area (Å²) in [6, 6.07) is 6.87. The van der Waals surface area contributed by atoms with Crippen molar-refractivity contribution in [1.82, 2.24) is 4.31 Å². The summed E-state index contributed by atoms with van der Waals surface area (Å²) >= 11 is 0. The lowest BCUT2D eigenvalue weighted by molar-refractivity contribution is 0.474. The van der Waals surface area contributed by atoms with Gasteiger partial charge in [-0.25, -0.2) is 8.42 Å². The van der Waals surface area contributed by atoms with E-state index in [-0.39, 0.29) is 0 Å². The third-order valence-electron chi connectivity index (χ3n) is 2.54. The van der Waals surface area contributed by atoms with E-state index in [1.165, 1.54) is 4.31 Å². The van der Waals surface area contributed by atoms with E-state index in [4.69, 9.17) is 0 Å². The summed E-state index contributed by atoms with van der Waals surface area (Å²) in [6.07, 6.45) is 5.24. The highest BCUT2D eigenvalue weighted by atomic mass is 32.2. The first-order chi connectivity index (χ1) is 8.52. The standard InChI is InChI=1S/C14H19NO2S/c1-4-6-12-15(11-5-2)18(16,17)14-9-7-13(3)8-10-14/h4-10H,2,11-12H2,1,3H3/b6-4+. The Labute approximate surface area is 109 Å². The van der Waals surface area contributed by atoms with Gasteiger partial charge in [-0.05, 0) is 26.0 Å². The summed E-state index contributed by atoms with van der Waals surface area (Å²) in [7, 11) is -3.44. The maximum Gasteiger partial charge on any atom is 0.243 e. The molecular formula is C14H19NO2S. The number of hydrogen-bond donors (Lipinski definition) is 0. The number of sulfonamides is 1. The molecule has 0 saturated heterocycles. The first kappa shape index (κ1) is 14.7. The zero-order valence-corrected chi connectivity index (χ0v) is 11.7. The fraction of sp³-hybridized carbons (Fsp3) is 0.286. The topological polar surface area (TPSA) is 37.4 Å². The summed E-state index contributed by atoms with van der Waals surface area (Å²) in [5.74, 6) is 0. The summed E-state index contributed by atoms with van der Waals surface area (Å²) in [4.78, 5) is 0.319. The van der Waals surface area contributed by atoms with Crippen molar-refractivity contribution in [1.29, 1.82) is 0 Å². The molecule has 0 aliphatic carbocycles. The van der Waals surface area contributed by atoms with Crippen LogP contribution in [0.5, 0.6) is 0 Å². The predicted octanol–water partition coefficient (Wildman–Crippen LogP) is 2.75. The molecule has 0 unspecified atom stereocenters. The number of nitrogens with zero attached hydrogens (tertiary/aromatic N) is 1. The molecule has 0 amide bonds. The van der Waals surface area contributed by atoms with E-state index >= 15 is 0 Å². The summed E-state index contributed by atoms with van der Waals surface area (Å²) in [5.41, 5.74) is 1.04. The number of allylic oxidation sites excluding steroid dienone is 1. The molecule has 0 bridgehead atoms. The molecule has 18 heavy (non-hydrogen) atoms. The van der Waals surface area contributed by atoms with Crippen LogP contribution in [0, 0.1) is 6.92 Å². The lowest BCUT2D eigenvalue weighted by Crippen LogP contribution is -2.31. The van der Waals surface area contributed by atoms with Gasteiger partial charge in [0.2, 0.25) is 10.0 Å². The van der Waals surface area contributed by atoms with Crippen LogP contribution >= 0.6 is 0 Å². The van der Waals surface area contributed by atoms with E-state index in [1.54, 1.807) is 30.3 Å². The van der Waals surface area contributed by atoms with E-state index in [1.807, 2.05) is 26.0 Å². The van der Waals surface area contributed by atoms with E-state index in [9.17, 15) is 8.42 Å². The summed E-state index contributed by atoms with van der Waals surface area (Å²) in [5, 5.41) is 0. The minimum atomic E-state index is -3.44. The van der Waals surface area contributed by atoms with Gasteiger partial charge >= 0.3 is 0 Å². The van der Waals surface area contributed by atoms with Crippen LogP contribution in [0.4, 0.5) is 0 Å². The lowest BCUT2D eigenvalue weighted by Gasteiger charge is -2.19. The molecule has 0 aromatic heterocycles. The molecule has 98 valence electrons. The van der Waals surface area contributed by atoms with Crippen molar-refractivity contribution in [2.75, 3.05) is 13.1 Å². The highest BCUT2D eigenvalue weighted by Crippen LogP contribution is 2.16. The molecule has 0 fully saturated rings. The molecule has 4 heteroatoms. The highest BCUT2D eigenvalue weighted by Gasteiger charge is 2.21. The van der Waals surface area contributed by atoms with Crippen molar-refractivity contribution in [3.63, 3.8) is 0 Å². The van der Waals surface area contributed by atoms with Crippen molar-refractivity contribution in [3.8, 4) is 0 Å². The Bertz CT molecular complexity index is 515. The highest BCUT2D eigenvalue weighted by molar-refractivity contribution is 7.89. The van der Waals surface area contributed by atoms with Crippen LogP contribution in [0.2, 0.25) is 0 Å². The zero-order chi connectivity index (χ0) is 13.6. The smallest absolute Gasteiger partial charge is 0.207 e. The summed E-state index contributed by atoms with van der Waals surface area (Å²) < 4.78 is 26.2. The van der Waals surface area contributed by atoms with Gasteiger partial charge in [-0.3, -0.25) is 0 Å². The second-order valence-corrected chi connectivity index (χ2v) is 5.93. The van der Waals surface area contributed by atoms with Gasteiger partial charge < -0.3 is 0 Å². The SMILES string of the molecule is C=CCN(C/C=C/C)S(=O)(=O)c1ccc(C)cc1. The monoisotopic (exact) mass is 265 g/mol. The van der Waals surface area contributed by atoms with Crippen LogP contribution in [-0.4, -0.2) is 25.8 Å². The van der Waals surface area contributed by atoms with Gasteiger partial charge in [0.1, 0.15) is 0 Å². The average Bonchev–Trinajstić information content (AvgIpc) is 2.35. The van der Waals surface area contributed by atoms with Crippen LogP contribution in [0.25, 0.3) is 0 Å². The molecule has 1 rings (SSSR count). The van der Waals surface area contributed by atoms with Gasteiger partial charge in [0.15, 0.2) is 0 Å². The number of rotatable bonds is 6. The van der Waals surface area contributed by atoms with E-state index in [0.29, 0.717) is 18.0 Å². The molecule has 0 N–H and O–H groups in total. The number of aryl methyl sites for hydroxylation is 1. The largest absolute Gasteiger partial charge is 0.243 e. The van der Waals surface area contributed by atoms with E-state index < -0.39 is 10.0 Å². The van der Waals surface area contributed by atoms with Gasteiger partial charge in [0.05, 0.1) is 4.90 Å². The molecule has 1 aromatic rings. The normalized spacial score (nSPS) is 12.2. The van der Waals surface area contributed by atoms with Crippen LogP contribution in [0.3, 0.4) is 0 Å². The maximum absolute atomic E-state index is 12.4. The minimum Gasteiger partial charge on any atom is -0.207 e. The first-order valence-electron chi connectivity index (χ1n) is 5.81. The quantitative estimate of drug-likeness (QED) is 0.742. The zero-order valence-electron chi connectivity index (χ0n) is 10.8. The number of benzene rings is 1. The van der Waals surface area contributed by atoms with Crippen molar-refractivity contribution < 1.29 is 8.42 Å². The Kier molecular flexibility index (Phi) is 5.31. The van der Waals surface area contributed by atoms with Crippen LogP contribution in [0.1, 0.15) is 12.5 Å². The van der Waals surface area contributed by atoms with Gasteiger partial charge in [-0.15, -0.1) is 6.58 Å². The molecule has 0 aliphatic rings. The van der Waals surface area contributed by atoms with Gasteiger partial charge in [-0.2, -0.15) is 4.31 Å². The third kappa shape index (κ3) is 3.55. The molecule has 0 aliphatic heterocycles. The molecule has 3 nitrogen and oxygen atoms in total. The fourth-order valence-electron chi connectivity index (χ4n) is 1.50. The predicted molar refractivity (Wildman–Crippen MR) is 74.9 cm³/mol. The Morgan fingerprint density at radius 2 is 1.83 bits per heavy atom. The summed E-state index contributed by atoms with van der Waals surface area (Å²) in [6.45, 7) is 8.06. The Morgan fingerprint density at radius 3 is 2.33 bits per heavy atom. The van der Waals surface area contributed by atoms with Gasteiger partial charge in [0.25, 0.3) is 0 Å². The molecule has 0 atom stereocenters. The third-order valence-corrected chi connectivity index (χ3v) is 4.38. The Morgan fingerprint density at radius 1 is 1.22 bits per heavy atom. The van der Waals surface area contributed by atoms with Crippen molar-refractivity contribution in [2.24, 2.45) is 0 Å². The second kappa shape index (κ2) is 6.52. The van der Waals surface area contributed by atoms with E-state index in [2.05, 4.69) is 6.58 Å². The van der Waals surface area contributed by atoms with Gasteiger partial charge in [0, 0.05) is 13.1 Å². The maximum atomic E-state index is 12.4. The van der Waals surface area contributed by atoms with Crippen LogP contribution in [-0.2, 0) is 10.0 Å². The van der Waals surface area contributed by atoms with Gasteiger partial charge in [-0.1, -0.05) is 35.9 Å². The average molecular weight is 265 g/mol. The Hall–Kier alpha value is -1.39. The molecule has 1 aromatic carbocycles. The van der Waals surface area contributed by atoms with Crippen molar-refractivity contribution in [2.45, 2.75) is 18.7 Å². The van der Waals surface area contributed by atoms with E-state index in [0.717, 1.165) is 5.56 Å². The van der Waals surface area contributed by atoms with Crippen LogP contribution in [0.15, 0.2) is 54.0 Å². The molecule has 0 radical (unpaired) electrons. The molecular weight excluding hydrogens is 246 g/mol. The van der Waals surface area contributed by atoms with Crippen molar-refractivity contribution in [3.05, 3.63) is 54.6 Å². The number of hydrogen-bond acceptors (Lipinski definition) is 2. The Balaban J connectivity index is 3.07. The molecule has 0 saturated carbocycles. The fourth-order valence-corrected chi connectivity index (χ4v) is 2.86. The minimum absolute atomic E-state index is 0.306. The lowest BCUT2D eigenvalue weighted by atomic mass is 10.2. The van der Waals surface area contributed by atoms with Crippen LogP contribution < -0.4 is 0 Å².